The van der Waals surface area contributed by atoms with Crippen molar-refractivity contribution >= 4 is 11.9 Å². The molecule has 0 aromatic rings. The van der Waals surface area contributed by atoms with E-state index in [-0.39, 0.29) is 0 Å². The van der Waals surface area contributed by atoms with Crippen LogP contribution in [-0.2, 0) is 9.53 Å². The summed E-state index contributed by atoms with van der Waals surface area (Å²) < 4.78 is 5.17. The van der Waals surface area contributed by atoms with Crippen molar-refractivity contribution in [3.05, 3.63) is 0 Å². The van der Waals surface area contributed by atoms with Crippen LogP contribution >= 0.6 is 0 Å². The average Bonchev–Trinajstić information content (AvgIpc) is 2.36. The van der Waals surface area contributed by atoms with E-state index in [1.165, 1.54) is 7.05 Å². The summed E-state index contributed by atoms with van der Waals surface area (Å²) >= 11 is 0. The first-order valence-electron chi connectivity index (χ1n) is 6.03. The van der Waals surface area contributed by atoms with Crippen molar-refractivity contribution in [3.63, 3.8) is 0 Å². The Morgan fingerprint density at radius 3 is 2.56 bits per heavy atom. The van der Waals surface area contributed by atoms with Crippen molar-refractivity contribution in [2.75, 3.05) is 26.8 Å². The molecule has 1 aliphatic rings. The summed E-state index contributed by atoms with van der Waals surface area (Å²) in [5, 5.41) is 17.6. The van der Waals surface area contributed by atoms with E-state index in [0.29, 0.717) is 32.6 Å². The quantitative estimate of drug-likeness (QED) is 0.517. The van der Waals surface area contributed by atoms with Crippen LogP contribution in [0.2, 0.25) is 0 Å². The molecule has 0 aliphatic carbocycles. The third-order valence-corrected chi connectivity index (χ3v) is 3.02. The fourth-order valence-electron chi connectivity index (χ4n) is 1.65. The summed E-state index contributed by atoms with van der Waals surface area (Å²) in [6, 6.07) is -1.09. The van der Waals surface area contributed by atoms with Gasteiger partial charge in [0.2, 0.25) is 5.91 Å². The zero-order chi connectivity index (χ0) is 13.6. The average molecular weight is 259 g/mol. The summed E-state index contributed by atoms with van der Waals surface area (Å²) in [5.74, 6) is -0.426. The van der Waals surface area contributed by atoms with Gasteiger partial charge >= 0.3 is 6.03 Å². The van der Waals surface area contributed by atoms with E-state index in [1.54, 1.807) is 6.92 Å². The second kappa shape index (κ2) is 6.67. The highest BCUT2D eigenvalue weighted by molar-refractivity contribution is 5.96. The minimum atomic E-state index is -0.834. The summed E-state index contributed by atoms with van der Waals surface area (Å²) in [7, 11) is 1.44. The monoisotopic (exact) mass is 259 g/mol. The van der Waals surface area contributed by atoms with Gasteiger partial charge in [0.05, 0.1) is 11.6 Å². The maximum Gasteiger partial charge on any atom is 0.321 e. The number of aliphatic hydroxyl groups is 1. The molecule has 0 saturated carbocycles. The normalized spacial score (nSPS) is 19.9. The summed E-state index contributed by atoms with van der Waals surface area (Å²) in [6.07, 6.45) is 1.09. The molecule has 0 aromatic heterocycles. The first-order chi connectivity index (χ1) is 8.47. The minimum absolute atomic E-state index is 0.304. The molecule has 0 aromatic carbocycles. The van der Waals surface area contributed by atoms with E-state index >= 15 is 0 Å². The Balaban J connectivity index is 2.33. The second-order valence-electron chi connectivity index (χ2n) is 4.51. The molecule has 0 radical (unpaired) electrons. The number of rotatable bonds is 4. The molecule has 1 rings (SSSR count). The molecule has 7 heteroatoms. The molecule has 1 fully saturated rings. The van der Waals surface area contributed by atoms with Gasteiger partial charge < -0.3 is 20.5 Å². The van der Waals surface area contributed by atoms with Gasteiger partial charge in [-0.1, -0.05) is 0 Å². The Bertz CT molecular complexity index is 303. The van der Waals surface area contributed by atoms with Crippen LogP contribution in [0.25, 0.3) is 0 Å². The van der Waals surface area contributed by atoms with Crippen LogP contribution in [0, 0.1) is 0 Å². The standard InChI is InChI=1S/C11H21N3O4/c1-8(9(15)14-10(16)12-2)13-7-11(17)3-5-18-6-4-11/h8,13,17H,3-7H2,1-2H3,(H2,12,14,15,16). The van der Waals surface area contributed by atoms with Crippen LogP contribution in [0.5, 0.6) is 0 Å². The molecule has 3 amide bonds. The number of urea groups is 1. The Morgan fingerprint density at radius 1 is 1.39 bits per heavy atom. The van der Waals surface area contributed by atoms with Gasteiger partial charge in [-0.3, -0.25) is 10.1 Å². The highest BCUT2D eigenvalue weighted by atomic mass is 16.5. The third-order valence-electron chi connectivity index (χ3n) is 3.02. The number of nitrogens with one attached hydrogen (secondary N) is 3. The molecule has 0 spiro atoms. The fraction of sp³-hybridized carbons (Fsp3) is 0.818. The molecule has 0 bridgehead atoms. The van der Waals surface area contributed by atoms with Crippen molar-refractivity contribution in [3.8, 4) is 0 Å². The highest BCUT2D eigenvalue weighted by Crippen LogP contribution is 2.19. The number of carbonyl (C=O) groups is 2. The van der Waals surface area contributed by atoms with Gasteiger partial charge in [-0.15, -0.1) is 0 Å². The first kappa shape index (κ1) is 14.9. The third kappa shape index (κ3) is 4.59. The van der Waals surface area contributed by atoms with Crippen molar-refractivity contribution < 1.29 is 19.4 Å². The van der Waals surface area contributed by atoms with E-state index in [2.05, 4.69) is 16.0 Å². The number of hydrogen-bond donors (Lipinski definition) is 4. The number of ether oxygens (including phenoxy) is 1. The van der Waals surface area contributed by atoms with E-state index in [1.807, 2.05) is 0 Å². The molecular weight excluding hydrogens is 238 g/mol. The number of carbonyl (C=O) groups excluding carboxylic acids is 2. The highest BCUT2D eigenvalue weighted by Gasteiger charge is 2.30. The number of hydrogen-bond acceptors (Lipinski definition) is 5. The van der Waals surface area contributed by atoms with Crippen LogP contribution in [0.15, 0.2) is 0 Å². The van der Waals surface area contributed by atoms with Gasteiger partial charge in [-0.2, -0.15) is 0 Å². The zero-order valence-electron chi connectivity index (χ0n) is 10.8. The smallest absolute Gasteiger partial charge is 0.321 e. The van der Waals surface area contributed by atoms with Gasteiger partial charge in [-0.05, 0) is 6.92 Å². The van der Waals surface area contributed by atoms with E-state index in [9.17, 15) is 14.7 Å². The number of amides is 3. The Morgan fingerprint density at radius 2 is 2.00 bits per heavy atom. The molecular formula is C11H21N3O4. The minimum Gasteiger partial charge on any atom is -0.388 e. The molecule has 1 unspecified atom stereocenters. The van der Waals surface area contributed by atoms with E-state index in [4.69, 9.17) is 4.74 Å². The van der Waals surface area contributed by atoms with Crippen molar-refractivity contribution in [1.82, 2.24) is 16.0 Å². The second-order valence-corrected chi connectivity index (χ2v) is 4.51. The van der Waals surface area contributed by atoms with Gasteiger partial charge in [0.1, 0.15) is 0 Å². The Hall–Kier alpha value is -1.18. The van der Waals surface area contributed by atoms with Gasteiger partial charge in [0.25, 0.3) is 0 Å². The van der Waals surface area contributed by atoms with Crippen LogP contribution < -0.4 is 16.0 Å². The maximum absolute atomic E-state index is 11.5. The molecule has 1 saturated heterocycles. The van der Waals surface area contributed by atoms with E-state index in [0.717, 1.165) is 0 Å². The van der Waals surface area contributed by atoms with E-state index < -0.39 is 23.6 Å². The molecule has 1 aliphatic heterocycles. The van der Waals surface area contributed by atoms with Crippen LogP contribution in [0.4, 0.5) is 4.79 Å². The summed E-state index contributed by atoms with van der Waals surface area (Å²) in [4.78, 5) is 22.5. The molecule has 7 nitrogen and oxygen atoms in total. The van der Waals surface area contributed by atoms with Crippen molar-refractivity contribution in [1.29, 1.82) is 0 Å². The lowest BCUT2D eigenvalue weighted by Crippen LogP contribution is -2.52. The molecule has 18 heavy (non-hydrogen) atoms. The Labute approximate surface area is 106 Å². The lowest BCUT2D eigenvalue weighted by atomic mass is 9.94. The van der Waals surface area contributed by atoms with Gasteiger partial charge in [-0.25, -0.2) is 4.79 Å². The molecule has 1 atom stereocenters. The SMILES string of the molecule is CNC(=O)NC(=O)C(C)NCC1(O)CCOCC1. The lowest BCUT2D eigenvalue weighted by Gasteiger charge is -2.33. The largest absolute Gasteiger partial charge is 0.388 e. The number of imide groups is 1. The van der Waals surface area contributed by atoms with Gasteiger partial charge in [0, 0.05) is 39.6 Å². The first-order valence-corrected chi connectivity index (χ1v) is 6.03. The van der Waals surface area contributed by atoms with Crippen LogP contribution in [-0.4, -0.2) is 55.5 Å². The Kier molecular flexibility index (Phi) is 5.52. The van der Waals surface area contributed by atoms with Crippen molar-refractivity contribution in [2.24, 2.45) is 0 Å². The summed E-state index contributed by atoms with van der Waals surface area (Å²) in [6.45, 7) is 2.99. The van der Waals surface area contributed by atoms with Crippen molar-refractivity contribution in [2.45, 2.75) is 31.4 Å². The lowest BCUT2D eigenvalue weighted by molar-refractivity contribution is -0.122. The predicted octanol–water partition coefficient (Wildman–Crippen LogP) is -1.04. The topological polar surface area (TPSA) is 99.7 Å². The van der Waals surface area contributed by atoms with Crippen LogP contribution in [0.3, 0.4) is 0 Å². The fourth-order valence-corrected chi connectivity index (χ4v) is 1.65. The maximum atomic E-state index is 11.5. The molecule has 1 heterocycles. The zero-order valence-corrected chi connectivity index (χ0v) is 10.8. The summed E-state index contributed by atoms with van der Waals surface area (Å²) in [5.41, 5.74) is -0.834. The predicted molar refractivity (Wildman–Crippen MR) is 65.1 cm³/mol. The molecule has 4 N–H and O–H groups in total. The molecule has 104 valence electrons. The van der Waals surface area contributed by atoms with Gasteiger partial charge in [0.15, 0.2) is 0 Å². The van der Waals surface area contributed by atoms with Crippen LogP contribution in [0.1, 0.15) is 19.8 Å².